The second kappa shape index (κ2) is 5.08. The van der Waals surface area contributed by atoms with Crippen molar-refractivity contribution in [1.29, 1.82) is 0 Å². The number of aliphatic hydroxyl groups is 2. The Kier molecular flexibility index (Phi) is 4.80. The van der Waals surface area contributed by atoms with E-state index in [9.17, 15) is 4.79 Å². The van der Waals surface area contributed by atoms with Crippen molar-refractivity contribution in [3.63, 3.8) is 0 Å². The lowest BCUT2D eigenvalue weighted by Gasteiger charge is -2.21. The molecule has 5 heteroatoms. The van der Waals surface area contributed by atoms with Crippen LogP contribution in [0.4, 0.5) is 0 Å². The zero-order chi connectivity index (χ0) is 9.72. The Morgan fingerprint density at radius 1 is 1.58 bits per heavy atom. The molecule has 0 fully saturated rings. The van der Waals surface area contributed by atoms with Crippen LogP contribution in [0.15, 0.2) is 0 Å². The normalized spacial score (nSPS) is 15.8. The number of nitrogens with one attached hydrogen (secondary N) is 1. The molecule has 0 spiro atoms. The van der Waals surface area contributed by atoms with Crippen molar-refractivity contribution in [3.8, 4) is 0 Å². The molecule has 0 aromatic heterocycles. The molecule has 72 valence electrons. The van der Waals surface area contributed by atoms with Crippen LogP contribution in [0, 0.1) is 0 Å². The smallest absolute Gasteiger partial charge is 0.241 e. The van der Waals surface area contributed by atoms with Gasteiger partial charge in [-0.15, -0.1) is 0 Å². The maximum atomic E-state index is 11.2. The minimum absolute atomic E-state index is 0.258. The summed E-state index contributed by atoms with van der Waals surface area (Å²) in [7, 11) is 3.37. The van der Waals surface area contributed by atoms with E-state index in [0.29, 0.717) is 0 Å². The van der Waals surface area contributed by atoms with Gasteiger partial charge in [0.25, 0.3) is 0 Å². The van der Waals surface area contributed by atoms with Gasteiger partial charge in [0.1, 0.15) is 12.3 Å². The summed E-state index contributed by atoms with van der Waals surface area (Å²) in [5.41, 5.74) is 0. The molecule has 3 N–H and O–H groups in total. The molecule has 0 bridgehead atoms. The fourth-order valence-electron chi connectivity index (χ4n) is 0.783. The van der Waals surface area contributed by atoms with Gasteiger partial charge in [0.2, 0.25) is 5.91 Å². The Bertz CT molecular complexity index is 148. The van der Waals surface area contributed by atoms with Crippen molar-refractivity contribution in [3.05, 3.63) is 0 Å². The first kappa shape index (κ1) is 11.4. The molecule has 12 heavy (non-hydrogen) atoms. The van der Waals surface area contributed by atoms with Gasteiger partial charge in [-0.3, -0.25) is 9.69 Å². The van der Waals surface area contributed by atoms with Gasteiger partial charge in [0.05, 0.1) is 6.61 Å². The SMILES string of the molecule is CC(O)NC(=O)C(CO)N(C)C. The number of nitrogens with zero attached hydrogens (tertiary/aromatic N) is 1. The average molecular weight is 176 g/mol. The van der Waals surface area contributed by atoms with Crippen molar-refractivity contribution in [2.45, 2.75) is 19.2 Å². The molecule has 0 saturated carbocycles. The number of rotatable bonds is 4. The fourth-order valence-corrected chi connectivity index (χ4v) is 0.783. The molecule has 2 unspecified atom stereocenters. The van der Waals surface area contributed by atoms with Crippen LogP contribution in [0.5, 0.6) is 0 Å². The third-order valence-electron chi connectivity index (χ3n) is 1.45. The second-order valence-electron chi connectivity index (χ2n) is 2.85. The van der Waals surface area contributed by atoms with Crippen LogP contribution in [0.1, 0.15) is 6.92 Å². The highest BCUT2D eigenvalue weighted by Gasteiger charge is 2.19. The number of amides is 1. The molecule has 0 heterocycles. The highest BCUT2D eigenvalue weighted by atomic mass is 16.3. The van der Waals surface area contributed by atoms with Gasteiger partial charge in [-0.05, 0) is 21.0 Å². The third-order valence-corrected chi connectivity index (χ3v) is 1.45. The number of hydrogen-bond acceptors (Lipinski definition) is 4. The van der Waals surface area contributed by atoms with Crippen molar-refractivity contribution >= 4 is 5.91 Å². The van der Waals surface area contributed by atoms with Gasteiger partial charge in [-0.1, -0.05) is 0 Å². The Hall–Kier alpha value is -0.650. The maximum Gasteiger partial charge on any atom is 0.241 e. The lowest BCUT2D eigenvalue weighted by atomic mass is 10.2. The molecule has 0 radical (unpaired) electrons. The Morgan fingerprint density at radius 3 is 2.33 bits per heavy atom. The maximum absolute atomic E-state index is 11.2. The van der Waals surface area contributed by atoms with Crippen LogP contribution < -0.4 is 5.32 Å². The molecule has 1 amide bonds. The number of aliphatic hydroxyl groups excluding tert-OH is 2. The predicted molar refractivity (Wildman–Crippen MR) is 44.4 cm³/mol. The van der Waals surface area contributed by atoms with E-state index in [-0.39, 0.29) is 12.5 Å². The molecule has 0 aliphatic heterocycles. The molecule has 0 saturated heterocycles. The number of hydrogen-bond donors (Lipinski definition) is 3. The van der Waals surface area contributed by atoms with E-state index in [1.54, 1.807) is 19.0 Å². The Labute approximate surface area is 72.0 Å². The molecule has 0 aromatic carbocycles. The zero-order valence-corrected chi connectivity index (χ0v) is 7.61. The first-order chi connectivity index (χ1) is 5.49. The van der Waals surface area contributed by atoms with Crippen LogP contribution in [0.2, 0.25) is 0 Å². The van der Waals surface area contributed by atoms with Crippen LogP contribution >= 0.6 is 0 Å². The predicted octanol–water partition coefficient (Wildman–Crippen LogP) is -1.64. The van der Waals surface area contributed by atoms with E-state index in [1.807, 2.05) is 0 Å². The van der Waals surface area contributed by atoms with Gasteiger partial charge in [-0.25, -0.2) is 0 Å². The van der Waals surface area contributed by atoms with E-state index in [2.05, 4.69) is 5.32 Å². The molecule has 0 aliphatic rings. The summed E-state index contributed by atoms with van der Waals surface area (Å²) in [5, 5.41) is 19.9. The monoisotopic (exact) mass is 176 g/mol. The van der Waals surface area contributed by atoms with Crippen molar-refractivity contribution in [2.24, 2.45) is 0 Å². The van der Waals surface area contributed by atoms with Gasteiger partial charge in [0, 0.05) is 0 Å². The Morgan fingerprint density at radius 2 is 2.08 bits per heavy atom. The number of carbonyl (C=O) groups excluding carboxylic acids is 1. The van der Waals surface area contributed by atoms with Crippen LogP contribution in [0.3, 0.4) is 0 Å². The van der Waals surface area contributed by atoms with Crippen LogP contribution in [-0.2, 0) is 4.79 Å². The van der Waals surface area contributed by atoms with Crippen molar-refractivity contribution in [1.82, 2.24) is 10.2 Å². The second-order valence-corrected chi connectivity index (χ2v) is 2.85. The standard InChI is InChI=1S/C7H16N2O3/c1-5(11)8-7(12)6(4-10)9(2)3/h5-6,10-11H,4H2,1-3H3,(H,8,12). The summed E-state index contributed by atoms with van der Waals surface area (Å²) in [6, 6.07) is -0.598. The van der Waals surface area contributed by atoms with Crippen molar-refractivity contribution < 1.29 is 15.0 Å². The summed E-state index contributed by atoms with van der Waals surface area (Å²) in [4.78, 5) is 12.7. The van der Waals surface area contributed by atoms with Gasteiger partial charge < -0.3 is 15.5 Å². The molecular formula is C7H16N2O3. The fraction of sp³-hybridized carbons (Fsp3) is 0.857. The highest BCUT2D eigenvalue weighted by molar-refractivity contribution is 5.81. The number of likely N-dealkylation sites (N-methyl/N-ethyl adjacent to an activating group) is 1. The molecule has 5 nitrogen and oxygen atoms in total. The summed E-state index contributed by atoms with van der Waals surface area (Å²) < 4.78 is 0. The summed E-state index contributed by atoms with van der Waals surface area (Å²) >= 11 is 0. The Balaban J connectivity index is 4.04. The van der Waals surface area contributed by atoms with E-state index < -0.39 is 12.3 Å². The summed E-state index contributed by atoms with van der Waals surface area (Å²) in [6.45, 7) is 1.19. The lowest BCUT2D eigenvalue weighted by Crippen LogP contribution is -2.48. The van der Waals surface area contributed by atoms with E-state index >= 15 is 0 Å². The first-order valence-corrected chi connectivity index (χ1v) is 3.74. The molecular weight excluding hydrogens is 160 g/mol. The van der Waals surface area contributed by atoms with E-state index in [1.165, 1.54) is 6.92 Å². The summed E-state index contributed by atoms with van der Waals surface area (Å²) in [6.07, 6.45) is -0.883. The lowest BCUT2D eigenvalue weighted by molar-refractivity contribution is -0.129. The largest absolute Gasteiger partial charge is 0.394 e. The van der Waals surface area contributed by atoms with E-state index in [0.717, 1.165) is 0 Å². The quantitative estimate of drug-likeness (QED) is 0.449. The molecule has 0 aromatic rings. The third kappa shape index (κ3) is 3.66. The van der Waals surface area contributed by atoms with E-state index in [4.69, 9.17) is 10.2 Å². The van der Waals surface area contributed by atoms with Crippen molar-refractivity contribution in [2.75, 3.05) is 20.7 Å². The average Bonchev–Trinajstić information content (AvgIpc) is 1.85. The molecule has 0 rings (SSSR count). The zero-order valence-electron chi connectivity index (χ0n) is 7.61. The molecule has 0 aliphatic carbocycles. The molecule has 2 atom stereocenters. The van der Waals surface area contributed by atoms with Gasteiger partial charge >= 0.3 is 0 Å². The van der Waals surface area contributed by atoms with Gasteiger partial charge in [0.15, 0.2) is 0 Å². The van der Waals surface area contributed by atoms with Crippen LogP contribution in [-0.4, -0.2) is 54.0 Å². The summed E-state index contributed by atoms with van der Waals surface area (Å²) in [5.74, 6) is -0.377. The topological polar surface area (TPSA) is 72.8 Å². The van der Waals surface area contributed by atoms with Crippen LogP contribution in [0.25, 0.3) is 0 Å². The first-order valence-electron chi connectivity index (χ1n) is 3.74. The van der Waals surface area contributed by atoms with Gasteiger partial charge in [-0.2, -0.15) is 0 Å². The minimum atomic E-state index is -0.883. The number of carbonyl (C=O) groups is 1. The minimum Gasteiger partial charge on any atom is -0.394 e. The highest BCUT2D eigenvalue weighted by Crippen LogP contribution is 1.92.